The molecule has 1 aromatic carbocycles. The monoisotopic (exact) mass is 282 g/mol. The number of hydrogen-bond donors (Lipinski definition) is 2. The van der Waals surface area contributed by atoms with Crippen LogP contribution in [-0.2, 0) is 0 Å². The summed E-state index contributed by atoms with van der Waals surface area (Å²) in [7, 11) is 0. The maximum Gasteiger partial charge on any atom is 0.273 e. The van der Waals surface area contributed by atoms with Gasteiger partial charge in [0.2, 0.25) is 0 Å². The molecule has 1 aliphatic heterocycles. The number of aliphatic hydroxyl groups is 2. The van der Waals surface area contributed by atoms with Crippen molar-refractivity contribution in [1.82, 2.24) is 0 Å². The Balaban J connectivity index is 2.22. The average Bonchev–Trinajstić information content (AvgIpc) is 2.98. The number of benzene rings is 1. The van der Waals surface area contributed by atoms with Crippen molar-refractivity contribution in [3.05, 3.63) is 28.3 Å². The van der Waals surface area contributed by atoms with Gasteiger partial charge in [-0.2, -0.15) is 0 Å². The van der Waals surface area contributed by atoms with Crippen molar-refractivity contribution in [1.29, 1.82) is 0 Å². The van der Waals surface area contributed by atoms with E-state index in [1.807, 2.05) is 0 Å². The van der Waals surface area contributed by atoms with Gasteiger partial charge in [0.1, 0.15) is 18.5 Å². The third-order valence-electron chi connectivity index (χ3n) is 3.24. The van der Waals surface area contributed by atoms with Gasteiger partial charge in [-0.15, -0.1) is 0 Å². The summed E-state index contributed by atoms with van der Waals surface area (Å²) in [6.45, 7) is 1.26. The number of rotatable bonds is 6. The van der Waals surface area contributed by atoms with E-state index in [0.29, 0.717) is 5.75 Å². The van der Waals surface area contributed by atoms with Crippen molar-refractivity contribution >= 4 is 11.4 Å². The Morgan fingerprint density at radius 3 is 2.70 bits per heavy atom. The molecule has 0 radical (unpaired) electrons. The standard InChI is InChI=1S/C13H18N2O5/c16-8-11(17)9-20-13-7-10(15(18)19)3-4-12(13)14-5-1-2-6-14/h3-4,7,11,16-17H,1-2,5-6,8-9H2/t11-/m0/s1. The Bertz CT molecular complexity index is 474. The molecular weight excluding hydrogens is 264 g/mol. The van der Waals surface area contributed by atoms with E-state index in [0.717, 1.165) is 31.6 Å². The highest BCUT2D eigenvalue weighted by atomic mass is 16.6. The molecule has 1 heterocycles. The molecule has 2 N–H and O–H groups in total. The fraction of sp³-hybridized carbons (Fsp3) is 0.538. The van der Waals surface area contributed by atoms with Crippen LogP contribution in [0, 0.1) is 10.1 Å². The number of hydrogen-bond acceptors (Lipinski definition) is 6. The zero-order valence-electron chi connectivity index (χ0n) is 11.1. The zero-order valence-corrected chi connectivity index (χ0v) is 11.1. The van der Waals surface area contributed by atoms with E-state index < -0.39 is 17.6 Å². The summed E-state index contributed by atoms with van der Waals surface area (Å²) in [6.07, 6.45) is 1.16. The summed E-state index contributed by atoms with van der Waals surface area (Å²) < 4.78 is 5.44. The van der Waals surface area contributed by atoms with E-state index in [4.69, 9.17) is 9.84 Å². The van der Waals surface area contributed by atoms with Crippen molar-refractivity contribution in [3.8, 4) is 5.75 Å². The molecular formula is C13H18N2O5. The lowest BCUT2D eigenvalue weighted by molar-refractivity contribution is -0.384. The maximum absolute atomic E-state index is 10.8. The molecule has 1 aliphatic rings. The van der Waals surface area contributed by atoms with Gasteiger partial charge in [-0.3, -0.25) is 10.1 Å². The smallest absolute Gasteiger partial charge is 0.273 e. The van der Waals surface area contributed by atoms with Crippen LogP contribution in [0.15, 0.2) is 18.2 Å². The van der Waals surface area contributed by atoms with Gasteiger partial charge in [0.15, 0.2) is 0 Å². The highest BCUT2D eigenvalue weighted by molar-refractivity contribution is 5.62. The normalized spacial score (nSPS) is 16.2. The van der Waals surface area contributed by atoms with Crippen molar-refractivity contribution in [2.75, 3.05) is 31.2 Å². The van der Waals surface area contributed by atoms with Gasteiger partial charge in [-0.25, -0.2) is 0 Å². The summed E-state index contributed by atoms with van der Waals surface area (Å²) in [5.41, 5.74) is 0.736. The second-order valence-corrected chi connectivity index (χ2v) is 4.75. The lowest BCUT2D eigenvalue weighted by Crippen LogP contribution is -2.23. The minimum absolute atomic E-state index is 0.0542. The third kappa shape index (κ3) is 3.37. The van der Waals surface area contributed by atoms with E-state index in [1.165, 1.54) is 12.1 Å². The Labute approximate surface area is 116 Å². The predicted molar refractivity (Wildman–Crippen MR) is 73.1 cm³/mol. The average molecular weight is 282 g/mol. The number of nitrogens with zero attached hydrogens (tertiary/aromatic N) is 2. The van der Waals surface area contributed by atoms with Crippen LogP contribution in [0.2, 0.25) is 0 Å². The summed E-state index contributed by atoms with van der Waals surface area (Å²) in [5, 5.41) is 28.9. The number of non-ortho nitro benzene ring substituents is 1. The van der Waals surface area contributed by atoms with E-state index in [1.54, 1.807) is 6.07 Å². The molecule has 7 heteroatoms. The molecule has 20 heavy (non-hydrogen) atoms. The molecule has 0 aromatic heterocycles. The molecule has 7 nitrogen and oxygen atoms in total. The lowest BCUT2D eigenvalue weighted by atomic mass is 10.2. The van der Waals surface area contributed by atoms with Crippen LogP contribution >= 0.6 is 0 Å². The van der Waals surface area contributed by atoms with E-state index in [-0.39, 0.29) is 12.3 Å². The largest absolute Gasteiger partial charge is 0.488 e. The van der Waals surface area contributed by atoms with Crippen molar-refractivity contribution < 1.29 is 19.9 Å². The van der Waals surface area contributed by atoms with Crippen LogP contribution in [0.4, 0.5) is 11.4 Å². The van der Waals surface area contributed by atoms with Crippen LogP contribution in [0.3, 0.4) is 0 Å². The van der Waals surface area contributed by atoms with Crippen LogP contribution < -0.4 is 9.64 Å². The van der Waals surface area contributed by atoms with E-state index in [2.05, 4.69) is 4.90 Å². The lowest BCUT2D eigenvalue weighted by Gasteiger charge is -2.21. The molecule has 1 fully saturated rings. The summed E-state index contributed by atoms with van der Waals surface area (Å²) in [6, 6.07) is 4.48. The SMILES string of the molecule is O=[N+]([O-])c1ccc(N2CCCC2)c(OC[C@@H](O)CO)c1. The fourth-order valence-electron chi connectivity index (χ4n) is 2.19. The van der Waals surface area contributed by atoms with Gasteiger partial charge in [-0.05, 0) is 18.9 Å². The van der Waals surface area contributed by atoms with Crippen LogP contribution in [0.25, 0.3) is 0 Å². The number of ether oxygens (including phenoxy) is 1. The molecule has 1 aromatic rings. The van der Waals surface area contributed by atoms with E-state index >= 15 is 0 Å². The molecule has 0 aliphatic carbocycles. The Hall–Kier alpha value is -1.86. The van der Waals surface area contributed by atoms with Crippen LogP contribution in [0.5, 0.6) is 5.75 Å². The van der Waals surface area contributed by atoms with Crippen molar-refractivity contribution in [2.24, 2.45) is 0 Å². The number of aliphatic hydroxyl groups excluding tert-OH is 2. The molecule has 110 valence electrons. The van der Waals surface area contributed by atoms with Crippen LogP contribution in [-0.4, -0.2) is 47.5 Å². The Morgan fingerprint density at radius 2 is 2.10 bits per heavy atom. The van der Waals surface area contributed by atoms with E-state index in [9.17, 15) is 15.2 Å². The molecule has 0 bridgehead atoms. The molecule has 2 rings (SSSR count). The zero-order chi connectivity index (χ0) is 14.5. The van der Waals surface area contributed by atoms with Crippen molar-refractivity contribution in [3.63, 3.8) is 0 Å². The predicted octanol–water partition coefficient (Wildman–Crippen LogP) is 0.927. The second-order valence-electron chi connectivity index (χ2n) is 4.75. The second kappa shape index (κ2) is 6.53. The minimum atomic E-state index is -0.999. The number of nitro benzene ring substituents is 1. The molecule has 0 spiro atoms. The highest BCUT2D eigenvalue weighted by Crippen LogP contribution is 2.34. The molecule has 0 unspecified atom stereocenters. The molecule has 1 saturated heterocycles. The minimum Gasteiger partial charge on any atom is -0.488 e. The number of anilines is 1. The third-order valence-corrected chi connectivity index (χ3v) is 3.24. The molecule has 0 saturated carbocycles. The highest BCUT2D eigenvalue weighted by Gasteiger charge is 2.20. The van der Waals surface area contributed by atoms with Gasteiger partial charge < -0.3 is 19.8 Å². The quantitative estimate of drug-likeness (QED) is 0.595. The van der Waals surface area contributed by atoms with Crippen molar-refractivity contribution in [2.45, 2.75) is 18.9 Å². The van der Waals surface area contributed by atoms with Gasteiger partial charge in [0.05, 0.1) is 23.3 Å². The van der Waals surface area contributed by atoms with Gasteiger partial charge >= 0.3 is 0 Å². The Kier molecular flexibility index (Phi) is 4.75. The maximum atomic E-state index is 10.8. The van der Waals surface area contributed by atoms with Gasteiger partial charge in [0, 0.05) is 19.2 Å². The first-order valence-electron chi connectivity index (χ1n) is 6.57. The fourth-order valence-corrected chi connectivity index (χ4v) is 2.19. The van der Waals surface area contributed by atoms with Crippen LogP contribution in [0.1, 0.15) is 12.8 Å². The van der Waals surface area contributed by atoms with Gasteiger partial charge in [0.25, 0.3) is 5.69 Å². The summed E-state index contributed by atoms with van der Waals surface area (Å²) in [4.78, 5) is 12.4. The topological polar surface area (TPSA) is 96.1 Å². The molecule has 1 atom stereocenters. The van der Waals surface area contributed by atoms with Gasteiger partial charge in [-0.1, -0.05) is 0 Å². The molecule has 0 amide bonds. The first kappa shape index (κ1) is 14.5. The first-order valence-corrected chi connectivity index (χ1v) is 6.57. The number of nitro groups is 1. The summed E-state index contributed by atoms with van der Waals surface area (Å²) >= 11 is 0. The first-order chi connectivity index (χ1) is 9.61. The summed E-state index contributed by atoms with van der Waals surface area (Å²) in [5.74, 6) is 0.369. The Morgan fingerprint density at radius 1 is 1.40 bits per heavy atom.